The molecule has 0 atom stereocenters. The molecule has 0 amide bonds. The van der Waals surface area contributed by atoms with Crippen molar-refractivity contribution in [3.8, 4) is 0 Å². The van der Waals surface area contributed by atoms with Gasteiger partial charge in [0.2, 0.25) is 0 Å². The first kappa shape index (κ1) is 15.0. The van der Waals surface area contributed by atoms with Crippen molar-refractivity contribution in [1.29, 1.82) is 0 Å². The number of hydrogen-bond donors (Lipinski definition) is 1. The number of nitrogens with one attached hydrogen (secondary N) is 1. The van der Waals surface area contributed by atoms with E-state index < -0.39 is 0 Å². The number of H-pyrrole nitrogens is 1. The van der Waals surface area contributed by atoms with E-state index >= 15 is 0 Å². The molecule has 0 unspecified atom stereocenters. The first-order chi connectivity index (χ1) is 7.83. The Morgan fingerprint density at radius 1 is 1.41 bits per heavy atom. The zero-order chi connectivity index (χ0) is 13.1. The Labute approximate surface area is 120 Å². The molecule has 1 aromatic heterocycles. The van der Waals surface area contributed by atoms with E-state index in [1.165, 1.54) is 0 Å². The van der Waals surface area contributed by atoms with Crippen molar-refractivity contribution in [3.05, 3.63) is 25.4 Å². The minimum absolute atomic E-state index is 0.00596. The van der Waals surface area contributed by atoms with Gasteiger partial charge in [0.25, 0.3) is 5.56 Å². The lowest BCUT2D eigenvalue weighted by molar-refractivity contribution is 0.795. The fourth-order valence-electron chi connectivity index (χ4n) is 1.31. The number of halogens is 1. The first-order valence-electron chi connectivity index (χ1n) is 5.75. The molecule has 0 saturated heterocycles. The van der Waals surface area contributed by atoms with Crippen molar-refractivity contribution in [1.82, 2.24) is 9.97 Å². The predicted molar refractivity (Wildman–Crippen MR) is 82.6 cm³/mol. The number of thioether (sulfide) groups is 1. The Balaban J connectivity index is 2.91. The van der Waals surface area contributed by atoms with Crippen LogP contribution in [0.15, 0.2) is 4.79 Å². The summed E-state index contributed by atoms with van der Waals surface area (Å²) < 4.78 is 0.918. The second-order valence-electron chi connectivity index (χ2n) is 4.92. The van der Waals surface area contributed by atoms with E-state index in [4.69, 9.17) is 0 Å². The molecule has 0 radical (unpaired) electrons. The summed E-state index contributed by atoms with van der Waals surface area (Å²) in [4.78, 5) is 19.1. The van der Waals surface area contributed by atoms with E-state index in [0.717, 1.165) is 33.7 Å². The zero-order valence-electron chi connectivity index (χ0n) is 10.8. The van der Waals surface area contributed by atoms with Crippen LogP contribution in [0, 0.1) is 3.57 Å². The molecular weight excluding hydrogens is 347 g/mol. The van der Waals surface area contributed by atoms with Gasteiger partial charge in [-0.3, -0.25) is 4.79 Å². The van der Waals surface area contributed by atoms with Crippen LogP contribution in [0.5, 0.6) is 0 Å². The van der Waals surface area contributed by atoms with Gasteiger partial charge in [0, 0.05) is 4.75 Å². The predicted octanol–water partition coefficient (Wildman–Crippen LogP) is 3.36. The Morgan fingerprint density at radius 2 is 2.06 bits per heavy atom. The van der Waals surface area contributed by atoms with Gasteiger partial charge in [0.15, 0.2) is 0 Å². The Bertz CT molecular complexity index is 437. The van der Waals surface area contributed by atoms with Crippen molar-refractivity contribution >= 4 is 34.4 Å². The van der Waals surface area contributed by atoms with E-state index in [1.807, 2.05) is 0 Å². The third kappa shape index (κ3) is 4.99. The maximum Gasteiger partial charge on any atom is 0.264 e. The van der Waals surface area contributed by atoms with Gasteiger partial charge in [-0.1, -0.05) is 34.1 Å². The molecule has 1 heterocycles. The van der Waals surface area contributed by atoms with Crippen LogP contribution in [0.25, 0.3) is 0 Å². The van der Waals surface area contributed by atoms with Crippen LogP contribution in [0.2, 0.25) is 0 Å². The third-order valence-corrected chi connectivity index (χ3v) is 4.51. The molecule has 1 rings (SSSR count). The van der Waals surface area contributed by atoms with Crippen LogP contribution >= 0.6 is 34.4 Å². The van der Waals surface area contributed by atoms with Gasteiger partial charge < -0.3 is 4.98 Å². The van der Waals surface area contributed by atoms with Gasteiger partial charge in [-0.15, -0.1) is 11.8 Å². The van der Waals surface area contributed by atoms with E-state index in [9.17, 15) is 4.79 Å². The van der Waals surface area contributed by atoms with Crippen LogP contribution in [-0.2, 0) is 12.2 Å². The minimum atomic E-state index is -0.00596. The highest BCUT2D eigenvalue weighted by molar-refractivity contribution is 14.1. The second kappa shape index (κ2) is 6.22. The van der Waals surface area contributed by atoms with Gasteiger partial charge in [-0.2, -0.15) is 0 Å². The number of hydrogen-bond acceptors (Lipinski definition) is 3. The van der Waals surface area contributed by atoms with Gasteiger partial charge in [0.05, 0.1) is 15.0 Å². The van der Waals surface area contributed by atoms with Crippen LogP contribution in [-0.4, -0.2) is 14.7 Å². The lowest BCUT2D eigenvalue weighted by atomic mass is 10.2. The Hall–Kier alpha value is -0.0400. The zero-order valence-corrected chi connectivity index (χ0v) is 13.7. The van der Waals surface area contributed by atoms with E-state index in [2.05, 4.69) is 60.3 Å². The van der Waals surface area contributed by atoms with Crippen molar-refractivity contribution in [3.63, 3.8) is 0 Å². The Kier molecular flexibility index (Phi) is 5.50. The summed E-state index contributed by atoms with van der Waals surface area (Å²) in [5.74, 6) is 1.55. The number of rotatable bonds is 4. The molecule has 17 heavy (non-hydrogen) atoms. The summed E-state index contributed by atoms with van der Waals surface area (Å²) in [5, 5.41) is 0. The molecule has 0 aliphatic carbocycles. The highest BCUT2D eigenvalue weighted by Crippen LogP contribution is 2.25. The average molecular weight is 366 g/mol. The molecule has 0 fully saturated rings. The quantitative estimate of drug-likeness (QED) is 0.832. The van der Waals surface area contributed by atoms with Crippen LogP contribution in [0.1, 0.15) is 45.6 Å². The van der Waals surface area contributed by atoms with E-state index in [-0.39, 0.29) is 10.3 Å². The van der Waals surface area contributed by atoms with Crippen LogP contribution in [0.4, 0.5) is 0 Å². The summed E-state index contributed by atoms with van der Waals surface area (Å²) >= 11 is 3.87. The summed E-state index contributed by atoms with van der Waals surface area (Å²) in [6, 6.07) is 0. The summed E-state index contributed by atoms with van der Waals surface area (Å²) in [7, 11) is 0. The van der Waals surface area contributed by atoms with Gasteiger partial charge in [-0.25, -0.2) is 4.98 Å². The molecular formula is C12H19IN2OS. The number of aromatic nitrogens is 2. The maximum absolute atomic E-state index is 11.7. The summed E-state index contributed by atoms with van der Waals surface area (Å²) in [6.45, 7) is 8.59. The standard InChI is InChI=1S/C12H19IN2OS/c1-5-6-8-10(13)11(16)15-9(14-8)7-17-12(2,3)4/h5-7H2,1-4H3,(H,14,15,16). The number of aromatic amines is 1. The van der Waals surface area contributed by atoms with Crippen LogP contribution < -0.4 is 5.56 Å². The lowest BCUT2D eigenvalue weighted by Crippen LogP contribution is -2.18. The smallest absolute Gasteiger partial charge is 0.264 e. The molecule has 96 valence electrons. The van der Waals surface area contributed by atoms with Crippen LogP contribution in [0.3, 0.4) is 0 Å². The molecule has 0 bridgehead atoms. The Morgan fingerprint density at radius 3 is 2.59 bits per heavy atom. The lowest BCUT2D eigenvalue weighted by Gasteiger charge is -2.17. The maximum atomic E-state index is 11.7. The number of aryl methyl sites for hydroxylation is 1. The molecule has 3 nitrogen and oxygen atoms in total. The summed E-state index contributed by atoms with van der Waals surface area (Å²) in [5.41, 5.74) is 0.926. The van der Waals surface area contributed by atoms with Crippen molar-refractivity contribution in [2.24, 2.45) is 0 Å². The monoisotopic (exact) mass is 366 g/mol. The van der Waals surface area contributed by atoms with Crippen molar-refractivity contribution in [2.45, 2.75) is 51.0 Å². The van der Waals surface area contributed by atoms with E-state index in [1.54, 1.807) is 11.8 Å². The molecule has 5 heteroatoms. The van der Waals surface area contributed by atoms with Gasteiger partial charge >= 0.3 is 0 Å². The molecule has 1 aromatic rings. The fraction of sp³-hybridized carbons (Fsp3) is 0.667. The SMILES string of the molecule is CCCc1nc(CSC(C)(C)C)[nH]c(=O)c1I. The second-order valence-corrected chi connectivity index (χ2v) is 7.81. The van der Waals surface area contributed by atoms with Gasteiger partial charge in [0.1, 0.15) is 5.82 Å². The molecule has 0 saturated carbocycles. The largest absolute Gasteiger partial charge is 0.309 e. The first-order valence-corrected chi connectivity index (χ1v) is 7.81. The topological polar surface area (TPSA) is 45.8 Å². The average Bonchev–Trinajstić information content (AvgIpc) is 2.21. The minimum Gasteiger partial charge on any atom is -0.309 e. The molecule has 1 N–H and O–H groups in total. The normalized spacial score (nSPS) is 11.8. The van der Waals surface area contributed by atoms with Crippen molar-refractivity contribution in [2.75, 3.05) is 0 Å². The highest BCUT2D eigenvalue weighted by atomic mass is 127. The molecule has 0 spiro atoms. The fourth-order valence-corrected chi connectivity index (χ4v) is 2.54. The van der Waals surface area contributed by atoms with E-state index in [0.29, 0.717) is 0 Å². The number of nitrogens with zero attached hydrogens (tertiary/aromatic N) is 1. The summed E-state index contributed by atoms with van der Waals surface area (Å²) in [6.07, 6.45) is 1.88. The molecule has 0 aromatic carbocycles. The van der Waals surface area contributed by atoms with Gasteiger partial charge in [-0.05, 0) is 29.0 Å². The highest BCUT2D eigenvalue weighted by Gasteiger charge is 2.13. The molecule has 0 aliphatic rings. The molecule has 0 aliphatic heterocycles. The van der Waals surface area contributed by atoms with Crippen molar-refractivity contribution < 1.29 is 0 Å². The third-order valence-electron chi connectivity index (χ3n) is 2.11.